The van der Waals surface area contributed by atoms with E-state index in [9.17, 15) is 14.7 Å². The maximum absolute atomic E-state index is 12.4. The quantitative estimate of drug-likeness (QED) is 0.500. The lowest BCUT2D eigenvalue weighted by atomic mass is 10.1. The molecule has 0 bridgehead atoms. The van der Waals surface area contributed by atoms with Crippen molar-refractivity contribution in [2.75, 3.05) is 20.3 Å². The van der Waals surface area contributed by atoms with Crippen LogP contribution in [0.4, 0.5) is 0 Å². The van der Waals surface area contributed by atoms with E-state index in [0.717, 1.165) is 0 Å². The molecule has 1 amide bonds. The van der Waals surface area contributed by atoms with Gasteiger partial charge in [0, 0.05) is 6.07 Å². The van der Waals surface area contributed by atoms with Crippen LogP contribution in [0.15, 0.2) is 30.9 Å². The summed E-state index contributed by atoms with van der Waals surface area (Å²) in [6.07, 6.45) is 1.34. The van der Waals surface area contributed by atoms with E-state index in [1.807, 2.05) is 13.8 Å². The molecule has 0 aliphatic carbocycles. The van der Waals surface area contributed by atoms with E-state index in [2.05, 4.69) is 11.9 Å². The highest BCUT2D eigenvalue weighted by atomic mass is 16.5. The fourth-order valence-electron chi connectivity index (χ4n) is 1.85. The average Bonchev–Trinajstić information content (AvgIpc) is 2.53. The minimum atomic E-state index is -1.19. The zero-order chi connectivity index (χ0) is 18.1. The highest BCUT2D eigenvalue weighted by Crippen LogP contribution is 2.26. The van der Waals surface area contributed by atoms with Gasteiger partial charge >= 0.3 is 5.97 Å². The van der Waals surface area contributed by atoms with Gasteiger partial charge in [0.2, 0.25) is 0 Å². The molecule has 132 valence electrons. The molecule has 1 rings (SSSR count). The second-order valence-electron chi connectivity index (χ2n) is 5.22. The maximum Gasteiger partial charge on any atom is 0.328 e. The number of benzene rings is 1. The third-order valence-corrected chi connectivity index (χ3v) is 2.92. The molecule has 0 spiro atoms. The van der Waals surface area contributed by atoms with E-state index in [1.165, 1.54) is 19.3 Å². The van der Waals surface area contributed by atoms with Crippen molar-refractivity contribution in [3.8, 4) is 11.5 Å². The number of aliphatic carboxylic acids is 1. The van der Waals surface area contributed by atoms with Crippen molar-refractivity contribution in [2.24, 2.45) is 0 Å². The summed E-state index contributed by atoms with van der Waals surface area (Å²) >= 11 is 0. The first-order valence-corrected chi connectivity index (χ1v) is 7.46. The summed E-state index contributed by atoms with van der Waals surface area (Å²) in [5, 5.41) is 11.6. The van der Waals surface area contributed by atoms with Gasteiger partial charge in [-0.3, -0.25) is 4.79 Å². The van der Waals surface area contributed by atoms with Crippen LogP contribution in [0, 0.1) is 0 Å². The maximum atomic E-state index is 12.4. The minimum absolute atomic E-state index is 0.158. The van der Waals surface area contributed by atoms with Gasteiger partial charge in [0.1, 0.15) is 11.5 Å². The Labute approximate surface area is 141 Å². The molecule has 0 aromatic heterocycles. The summed E-state index contributed by atoms with van der Waals surface area (Å²) in [5.41, 5.74) is 0.222. The lowest BCUT2D eigenvalue weighted by molar-refractivity contribution is -0.140. The van der Waals surface area contributed by atoms with Gasteiger partial charge in [0.25, 0.3) is 5.91 Å². The largest absolute Gasteiger partial charge is 0.497 e. The van der Waals surface area contributed by atoms with Crippen molar-refractivity contribution in [3.05, 3.63) is 36.4 Å². The number of methoxy groups -OCH3 is 1. The predicted molar refractivity (Wildman–Crippen MR) is 88.7 cm³/mol. The van der Waals surface area contributed by atoms with Gasteiger partial charge in [-0.05, 0) is 26.0 Å². The molecule has 1 unspecified atom stereocenters. The number of rotatable bonds is 10. The first-order valence-electron chi connectivity index (χ1n) is 7.46. The van der Waals surface area contributed by atoms with Crippen LogP contribution in [0.2, 0.25) is 0 Å². The van der Waals surface area contributed by atoms with Crippen molar-refractivity contribution in [1.82, 2.24) is 5.32 Å². The molecular formula is C17H23NO6. The summed E-state index contributed by atoms with van der Waals surface area (Å²) in [6, 6.07) is 3.53. The van der Waals surface area contributed by atoms with Crippen LogP contribution < -0.4 is 14.8 Å². The van der Waals surface area contributed by atoms with Crippen molar-refractivity contribution in [1.29, 1.82) is 0 Å². The van der Waals surface area contributed by atoms with Gasteiger partial charge in [-0.2, -0.15) is 0 Å². The topological polar surface area (TPSA) is 94.1 Å². The fourth-order valence-corrected chi connectivity index (χ4v) is 1.85. The Hall–Kier alpha value is -2.54. The van der Waals surface area contributed by atoms with E-state index in [1.54, 1.807) is 12.1 Å². The van der Waals surface area contributed by atoms with Gasteiger partial charge in [-0.15, -0.1) is 6.58 Å². The molecule has 7 nitrogen and oxygen atoms in total. The monoisotopic (exact) mass is 337 g/mol. The fraction of sp³-hybridized carbons (Fsp3) is 0.412. The predicted octanol–water partition coefficient (Wildman–Crippen LogP) is 1.87. The third kappa shape index (κ3) is 5.92. The number of carbonyl (C=O) groups is 2. The number of carboxylic acids is 1. The van der Waals surface area contributed by atoms with Crippen molar-refractivity contribution >= 4 is 11.9 Å². The third-order valence-electron chi connectivity index (χ3n) is 2.92. The molecule has 0 saturated carbocycles. The van der Waals surface area contributed by atoms with E-state index >= 15 is 0 Å². The number of ether oxygens (including phenoxy) is 3. The van der Waals surface area contributed by atoms with Crippen LogP contribution in [-0.2, 0) is 9.53 Å². The lowest BCUT2D eigenvalue weighted by Gasteiger charge is -2.18. The van der Waals surface area contributed by atoms with E-state index in [0.29, 0.717) is 11.5 Å². The number of hydrogen-bond acceptors (Lipinski definition) is 5. The van der Waals surface area contributed by atoms with Crippen LogP contribution in [-0.4, -0.2) is 49.5 Å². The average molecular weight is 337 g/mol. The first kappa shape index (κ1) is 19.5. The van der Waals surface area contributed by atoms with Gasteiger partial charge in [-0.1, -0.05) is 6.08 Å². The number of nitrogens with one attached hydrogen (secondary N) is 1. The molecular weight excluding hydrogens is 314 g/mol. The molecule has 2 N–H and O–H groups in total. The Kier molecular flexibility index (Phi) is 7.77. The SMILES string of the molecule is C=CCOCC(NC(=O)c1ccc(OC)cc1OC(C)C)C(=O)O. The summed E-state index contributed by atoms with van der Waals surface area (Å²) < 4.78 is 15.8. The van der Waals surface area contributed by atoms with Gasteiger partial charge in [0.05, 0.1) is 32.0 Å². The second-order valence-corrected chi connectivity index (χ2v) is 5.22. The van der Waals surface area contributed by atoms with E-state index < -0.39 is 17.9 Å². The smallest absolute Gasteiger partial charge is 0.328 e. The lowest BCUT2D eigenvalue weighted by Crippen LogP contribution is -2.44. The molecule has 0 heterocycles. The Balaban J connectivity index is 2.95. The van der Waals surface area contributed by atoms with E-state index in [-0.39, 0.29) is 24.9 Å². The number of carboxylic acid groups (broad SMARTS) is 1. The van der Waals surface area contributed by atoms with Crippen LogP contribution in [0.5, 0.6) is 11.5 Å². The zero-order valence-electron chi connectivity index (χ0n) is 14.1. The highest BCUT2D eigenvalue weighted by molar-refractivity contribution is 5.99. The van der Waals surface area contributed by atoms with Gasteiger partial charge in [-0.25, -0.2) is 4.79 Å². The minimum Gasteiger partial charge on any atom is -0.497 e. The molecule has 0 fully saturated rings. The molecule has 0 radical (unpaired) electrons. The van der Waals surface area contributed by atoms with Gasteiger partial charge < -0.3 is 24.6 Å². The Morgan fingerprint density at radius 1 is 1.38 bits per heavy atom. The molecule has 1 aromatic rings. The standard InChI is InChI=1S/C17H23NO6/c1-5-8-23-10-14(17(20)21)18-16(19)13-7-6-12(22-4)9-15(13)24-11(2)3/h5-7,9,11,14H,1,8,10H2,2-4H3,(H,18,19)(H,20,21). The Bertz CT molecular complexity index is 584. The van der Waals surface area contributed by atoms with Crippen LogP contribution in [0.3, 0.4) is 0 Å². The second kappa shape index (κ2) is 9.57. The van der Waals surface area contributed by atoms with Crippen LogP contribution in [0.25, 0.3) is 0 Å². The molecule has 0 aliphatic heterocycles. The molecule has 0 aliphatic rings. The summed E-state index contributed by atoms with van der Waals surface area (Å²) in [6.45, 7) is 7.16. The molecule has 0 saturated heterocycles. The van der Waals surface area contributed by atoms with E-state index in [4.69, 9.17) is 14.2 Å². The Morgan fingerprint density at radius 2 is 2.08 bits per heavy atom. The summed E-state index contributed by atoms with van der Waals surface area (Å²) in [5.74, 6) is -0.903. The van der Waals surface area contributed by atoms with Crippen LogP contribution >= 0.6 is 0 Å². The molecule has 24 heavy (non-hydrogen) atoms. The van der Waals surface area contributed by atoms with Crippen LogP contribution in [0.1, 0.15) is 24.2 Å². The Morgan fingerprint density at radius 3 is 2.62 bits per heavy atom. The first-order chi connectivity index (χ1) is 11.4. The van der Waals surface area contributed by atoms with Crippen molar-refractivity contribution < 1.29 is 28.9 Å². The summed E-state index contributed by atoms with van der Waals surface area (Å²) in [4.78, 5) is 23.7. The molecule has 1 atom stereocenters. The summed E-state index contributed by atoms with van der Waals surface area (Å²) in [7, 11) is 1.51. The normalized spacial score (nSPS) is 11.7. The zero-order valence-corrected chi connectivity index (χ0v) is 14.1. The molecule has 1 aromatic carbocycles. The van der Waals surface area contributed by atoms with Gasteiger partial charge in [0.15, 0.2) is 6.04 Å². The van der Waals surface area contributed by atoms with Crippen molar-refractivity contribution in [2.45, 2.75) is 26.0 Å². The number of amides is 1. The number of hydrogen-bond donors (Lipinski definition) is 2. The highest BCUT2D eigenvalue weighted by Gasteiger charge is 2.23. The van der Waals surface area contributed by atoms with Crippen molar-refractivity contribution in [3.63, 3.8) is 0 Å². The number of carbonyl (C=O) groups excluding carboxylic acids is 1. The molecule has 7 heteroatoms.